The molecule has 0 bridgehead atoms. The van der Waals surface area contributed by atoms with Crippen molar-refractivity contribution in [3.63, 3.8) is 0 Å². The molecular weight excluding hydrogens is 342 g/mol. The topological polar surface area (TPSA) is 79.5 Å². The van der Waals surface area contributed by atoms with Crippen LogP contribution in [0, 0.1) is 11.3 Å². The van der Waals surface area contributed by atoms with Crippen LogP contribution in [0.2, 0.25) is 0 Å². The van der Waals surface area contributed by atoms with Gasteiger partial charge in [-0.05, 0) is 37.4 Å². The number of piperidine rings is 1. The number of carbonyl (C=O) groups is 2. The van der Waals surface area contributed by atoms with Gasteiger partial charge in [-0.1, -0.05) is 44.2 Å². The second-order valence-corrected chi connectivity index (χ2v) is 7.91. The summed E-state index contributed by atoms with van der Waals surface area (Å²) in [6.07, 6.45) is 2.31. The van der Waals surface area contributed by atoms with Crippen molar-refractivity contribution in [1.29, 1.82) is 0 Å². The highest BCUT2D eigenvalue weighted by Gasteiger charge is 2.33. The summed E-state index contributed by atoms with van der Waals surface area (Å²) < 4.78 is 5.42. The van der Waals surface area contributed by atoms with E-state index >= 15 is 0 Å². The third-order valence-corrected chi connectivity index (χ3v) is 5.05. The smallest absolute Gasteiger partial charge is 0.247 e. The summed E-state index contributed by atoms with van der Waals surface area (Å²) in [5.74, 6) is -0.0426. The maximum Gasteiger partial charge on any atom is 0.247 e. The van der Waals surface area contributed by atoms with Gasteiger partial charge in [0.05, 0.1) is 6.61 Å². The molecule has 0 saturated carbocycles. The van der Waals surface area contributed by atoms with Crippen molar-refractivity contribution in [3.05, 3.63) is 35.9 Å². The minimum Gasteiger partial charge on any atom is -0.384 e. The van der Waals surface area contributed by atoms with E-state index in [1.807, 2.05) is 44.2 Å². The van der Waals surface area contributed by atoms with Crippen LogP contribution in [0.25, 0.3) is 0 Å². The Bertz CT molecular complexity index is 592. The quantitative estimate of drug-likeness (QED) is 0.617. The average molecular weight is 376 g/mol. The number of ether oxygens (including phenoxy) is 1. The van der Waals surface area contributed by atoms with Crippen molar-refractivity contribution >= 4 is 11.8 Å². The van der Waals surface area contributed by atoms with Gasteiger partial charge in [-0.15, -0.1) is 0 Å². The molecule has 1 atom stereocenters. The van der Waals surface area contributed by atoms with E-state index in [-0.39, 0.29) is 23.1 Å². The summed E-state index contributed by atoms with van der Waals surface area (Å²) in [6.45, 7) is 6.99. The number of carbonyl (C=O) groups excluding carboxylic acids is 2. The normalized spacial score (nSPS) is 17.3. The number of methoxy groups -OCH3 is 1. The Morgan fingerprint density at radius 3 is 2.44 bits per heavy atom. The summed E-state index contributed by atoms with van der Waals surface area (Å²) >= 11 is 0. The molecule has 1 aliphatic heterocycles. The number of amides is 2. The summed E-state index contributed by atoms with van der Waals surface area (Å²) in [5.41, 5.74) is 0.733. The van der Waals surface area contributed by atoms with Crippen LogP contribution in [-0.4, -0.2) is 45.2 Å². The Morgan fingerprint density at radius 1 is 1.19 bits per heavy atom. The van der Waals surface area contributed by atoms with E-state index in [1.165, 1.54) is 0 Å². The molecule has 0 spiro atoms. The molecule has 0 radical (unpaired) electrons. The molecule has 2 amide bonds. The van der Waals surface area contributed by atoms with Crippen LogP contribution in [0.4, 0.5) is 0 Å². The van der Waals surface area contributed by atoms with Gasteiger partial charge in [0, 0.05) is 25.5 Å². The zero-order chi connectivity index (χ0) is 19.7. The number of rotatable bonds is 9. The minimum absolute atomic E-state index is 0.0567. The standard InChI is InChI=1S/C21H33N3O3/c1-16(2)13-18(25)24-19(17-7-5-4-6-8-17)20(26)23-14-21(15-27-3)9-11-22-12-10-21/h4-8,16,19,22H,9-15H2,1-3H3,(H,23,26)(H,24,25). The van der Waals surface area contributed by atoms with E-state index in [4.69, 9.17) is 4.74 Å². The molecule has 1 heterocycles. The molecule has 6 heteroatoms. The number of nitrogens with one attached hydrogen (secondary N) is 3. The molecule has 1 aromatic rings. The lowest BCUT2D eigenvalue weighted by molar-refractivity contribution is -0.130. The Morgan fingerprint density at radius 2 is 1.85 bits per heavy atom. The Hall–Kier alpha value is -1.92. The first-order valence-electron chi connectivity index (χ1n) is 9.77. The lowest BCUT2D eigenvalue weighted by atomic mass is 9.79. The molecular formula is C21H33N3O3. The Kier molecular flexibility index (Phi) is 8.25. The van der Waals surface area contributed by atoms with Gasteiger partial charge in [-0.25, -0.2) is 0 Å². The average Bonchev–Trinajstić information content (AvgIpc) is 2.65. The molecule has 27 heavy (non-hydrogen) atoms. The van der Waals surface area contributed by atoms with Crippen molar-refractivity contribution in [1.82, 2.24) is 16.0 Å². The van der Waals surface area contributed by atoms with Gasteiger partial charge in [-0.3, -0.25) is 9.59 Å². The predicted octanol–water partition coefficient (Wildman–Crippen LogP) is 2.02. The second kappa shape index (κ2) is 10.4. The van der Waals surface area contributed by atoms with Gasteiger partial charge in [0.15, 0.2) is 0 Å². The van der Waals surface area contributed by atoms with Crippen LogP contribution in [0.5, 0.6) is 0 Å². The largest absolute Gasteiger partial charge is 0.384 e. The van der Waals surface area contributed by atoms with Crippen LogP contribution in [0.15, 0.2) is 30.3 Å². The van der Waals surface area contributed by atoms with Crippen molar-refractivity contribution < 1.29 is 14.3 Å². The maximum absolute atomic E-state index is 13.0. The van der Waals surface area contributed by atoms with E-state index in [0.717, 1.165) is 31.5 Å². The molecule has 1 aliphatic rings. The molecule has 150 valence electrons. The molecule has 1 aromatic carbocycles. The summed E-state index contributed by atoms with van der Waals surface area (Å²) in [5, 5.41) is 9.33. The highest BCUT2D eigenvalue weighted by molar-refractivity contribution is 5.88. The van der Waals surface area contributed by atoms with E-state index < -0.39 is 6.04 Å². The van der Waals surface area contributed by atoms with Crippen molar-refractivity contribution in [2.45, 2.75) is 39.2 Å². The number of hydrogen-bond donors (Lipinski definition) is 3. The summed E-state index contributed by atoms with van der Waals surface area (Å²) in [7, 11) is 1.70. The van der Waals surface area contributed by atoms with Crippen LogP contribution in [0.3, 0.4) is 0 Å². The van der Waals surface area contributed by atoms with E-state index in [0.29, 0.717) is 19.6 Å². The number of benzene rings is 1. The summed E-state index contributed by atoms with van der Waals surface area (Å²) in [4.78, 5) is 25.3. The van der Waals surface area contributed by atoms with Gasteiger partial charge in [0.2, 0.25) is 11.8 Å². The number of hydrogen-bond acceptors (Lipinski definition) is 4. The molecule has 1 saturated heterocycles. The minimum atomic E-state index is -0.682. The zero-order valence-corrected chi connectivity index (χ0v) is 16.7. The molecule has 6 nitrogen and oxygen atoms in total. The third kappa shape index (κ3) is 6.63. The van der Waals surface area contributed by atoms with Crippen LogP contribution >= 0.6 is 0 Å². The molecule has 0 aromatic heterocycles. The molecule has 2 rings (SSSR count). The second-order valence-electron chi connectivity index (χ2n) is 7.91. The molecule has 1 fully saturated rings. The fraction of sp³-hybridized carbons (Fsp3) is 0.619. The Balaban J connectivity index is 2.07. The van der Waals surface area contributed by atoms with Crippen molar-refractivity contribution in [2.75, 3.05) is 33.4 Å². The van der Waals surface area contributed by atoms with Gasteiger partial charge in [0.25, 0.3) is 0 Å². The van der Waals surface area contributed by atoms with E-state index in [9.17, 15) is 9.59 Å². The third-order valence-electron chi connectivity index (χ3n) is 5.05. The highest BCUT2D eigenvalue weighted by atomic mass is 16.5. The highest BCUT2D eigenvalue weighted by Crippen LogP contribution is 2.28. The first kappa shape index (κ1) is 21.4. The monoisotopic (exact) mass is 375 g/mol. The SMILES string of the molecule is COCC1(CNC(=O)C(NC(=O)CC(C)C)c2ccccc2)CCNCC1. The lowest BCUT2D eigenvalue weighted by Gasteiger charge is -2.37. The van der Waals surface area contributed by atoms with Crippen LogP contribution in [-0.2, 0) is 14.3 Å². The fourth-order valence-corrected chi connectivity index (χ4v) is 3.55. The first-order valence-corrected chi connectivity index (χ1v) is 9.77. The van der Waals surface area contributed by atoms with Gasteiger partial charge in [-0.2, -0.15) is 0 Å². The van der Waals surface area contributed by atoms with E-state index in [1.54, 1.807) is 7.11 Å². The van der Waals surface area contributed by atoms with Gasteiger partial charge < -0.3 is 20.7 Å². The predicted molar refractivity (Wildman–Crippen MR) is 106 cm³/mol. The van der Waals surface area contributed by atoms with Gasteiger partial charge in [0.1, 0.15) is 6.04 Å². The van der Waals surface area contributed by atoms with E-state index in [2.05, 4.69) is 16.0 Å². The van der Waals surface area contributed by atoms with Crippen molar-refractivity contribution in [2.24, 2.45) is 11.3 Å². The van der Waals surface area contributed by atoms with Gasteiger partial charge >= 0.3 is 0 Å². The molecule has 1 unspecified atom stereocenters. The van der Waals surface area contributed by atoms with Crippen molar-refractivity contribution in [3.8, 4) is 0 Å². The van der Waals surface area contributed by atoms with Crippen LogP contribution < -0.4 is 16.0 Å². The fourth-order valence-electron chi connectivity index (χ4n) is 3.55. The molecule has 3 N–H and O–H groups in total. The maximum atomic E-state index is 13.0. The lowest BCUT2D eigenvalue weighted by Crippen LogP contribution is -2.49. The zero-order valence-electron chi connectivity index (χ0n) is 16.7. The first-order chi connectivity index (χ1) is 13.0. The summed E-state index contributed by atoms with van der Waals surface area (Å²) in [6, 6.07) is 8.72. The Labute approximate surface area is 162 Å². The van der Waals surface area contributed by atoms with Crippen LogP contribution in [0.1, 0.15) is 44.7 Å². The molecule has 0 aliphatic carbocycles.